The van der Waals surface area contributed by atoms with E-state index in [2.05, 4.69) is 27.9 Å². The molecule has 5 heteroatoms. The Kier molecular flexibility index (Phi) is 2.84. The van der Waals surface area contributed by atoms with Gasteiger partial charge in [-0.3, -0.25) is 4.98 Å². The van der Waals surface area contributed by atoms with E-state index in [9.17, 15) is 0 Å². The normalized spacial score (nSPS) is 18.5. The summed E-state index contributed by atoms with van der Waals surface area (Å²) in [4.78, 5) is 11.0. The Morgan fingerprint density at radius 3 is 2.90 bits per heavy atom. The SMILES string of the molecule is C[C@H]1CCN(c2ccc3ncc(-c4cccnc4)n3n2)C1. The molecular weight excluding hydrogens is 262 g/mol. The molecule has 1 atom stereocenters. The Morgan fingerprint density at radius 2 is 2.14 bits per heavy atom. The van der Waals surface area contributed by atoms with Crippen molar-refractivity contribution in [3.63, 3.8) is 0 Å². The second kappa shape index (κ2) is 4.84. The quantitative estimate of drug-likeness (QED) is 0.723. The maximum Gasteiger partial charge on any atom is 0.154 e. The van der Waals surface area contributed by atoms with Crippen molar-refractivity contribution in [1.29, 1.82) is 0 Å². The minimum Gasteiger partial charge on any atom is -0.355 e. The maximum atomic E-state index is 4.78. The van der Waals surface area contributed by atoms with Crippen LogP contribution < -0.4 is 4.90 Å². The molecule has 1 aliphatic rings. The third-order valence-corrected chi connectivity index (χ3v) is 4.05. The van der Waals surface area contributed by atoms with Gasteiger partial charge in [-0.2, -0.15) is 0 Å². The molecule has 3 aromatic heterocycles. The van der Waals surface area contributed by atoms with Crippen molar-refractivity contribution in [1.82, 2.24) is 19.6 Å². The van der Waals surface area contributed by atoms with Crippen molar-refractivity contribution in [2.45, 2.75) is 13.3 Å². The van der Waals surface area contributed by atoms with Crippen LogP contribution in [-0.4, -0.2) is 32.7 Å². The molecule has 0 N–H and O–H groups in total. The van der Waals surface area contributed by atoms with Gasteiger partial charge in [0, 0.05) is 31.0 Å². The summed E-state index contributed by atoms with van der Waals surface area (Å²) in [6.07, 6.45) is 6.71. The summed E-state index contributed by atoms with van der Waals surface area (Å²) in [5.41, 5.74) is 2.88. The minimum absolute atomic E-state index is 0.739. The van der Waals surface area contributed by atoms with E-state index >= 15 is 0 Å². The number of fused-ring (bicyclic) bond motifs is 1. The maximum absolute atomic E-state index is 4.78. The van der Waals surface area contributed by atoms with E-state index in [1.54, 1.807) is 6.20 Å². The van der Waals surface area contributed by atoms with Gasteiger partial charge in [0.15, 0.2) is 5.65 Å². The molecule has 4 heterocycles. The zero-order chi connectivity index (χ0) is 14.2. The Hall–Kier alpha value is -2.43. The van der Waals surface area contributed by atoms with Gasteiger partial charge in [0.25, 0.3) is 0 Å². The summed E-state index contributed by atoms with van der Waals surface area (Å²) in [6, 6.07) is 8.06. The van der Waals surface area contributed by atoms with Crippen molar-refractivity contribution >= 4 is 11.5 Å². The fourth-order valence-electron chi connectivity index (χ4n) is 2.89. The number of rotatable bonds is 2. The van der Waals surface area contributed by atoms with Gasteiger partial charge in [0.2, 0.25) is 0 Å². The molecule has 0 saturated carbocycles. The molecule has 0 radical (unpaired) electrons. The van der Waals surface area contributed by atoms with Gasteiger partial charge in [0.05, 0.1) is 11.9 Å². The van der Waals surface area contributed by atoms with Gasteiger partial charge in [-0.15, -0.1) is 5.10 Å². The van der Waals surface area contributed by atoms with E-state index < -0.39 is 0 Å². The van der Waals surface area contributed by atoms with E-state index in [1.165, 1.54) is 6.42 Å². The highest BCUT2D eigenvalue weighted by molar-refractivity contribution is 5.62. The first-order valence-electron chi connectivity index (χ1n) is 7.31. The summed E-state index contributed by atoms with van der Waals surface area (Å²) in [5, 5.41) is 4.78. The lowest BCUT2D eigenvalue weighted by Crippen LogP contribution is -2.21. The fraction of sp³-hybridized carbons (Fsp3) is 0.312. The summed E-state index contributed by atoms with van der Waals surface area (Å²) in [7, 11) is 0. The molecule has 106 valence electrons. The Bertz CT molecular complexity index is 765. The Morgan fingerprint density at radius 1 is 1.19 bits per heavy atom. The van der Waals surface area contributed by atoms with Crippen molar-refractivity contribution in [3.05, 3.63) is 42.9 Å². The van der Waals surface area contributed by atoms with Gasteiger partial charge in [-0.25, -0.2) is 9.50 Å². The molecule has 1 fully saturated rings. The van der Waals surface area contributed by atoms with Crippen LogP contribution in [0.5, 0.6) is 0 Å². The van der Waals surface area contributed by atoms with Crippen LogP contribution in [0.15, 0.2) is 42.9 Å². The summed E-state index contributed by atoms with van der Waals surface area (Å²) >= 11 is 0. The van der Waals surface area contributed by atoms with E-state index in [1.807, 2.05) is 35.1 Å². The third kappa shape index (κ3) is 2.14. The van der Waals surface area contributed by atoms with Crippen molar-refractivity contribution in [2.24, 2.45) is 5.92 Å². The molecule has 21 heavy (non-hydrogen) atoms. The van der Waals surface area contributed by atoms with Gasteiger partial charge >= 0.3 is 0 Å². The van der Waals surface area contributed by atoms with Crippen LogP contribution in [-0.2, 0) is 0 Å². The number of anilines is 1. The van der Waals surface area contributed by atoms with E-state index in [0.29, 0.717) is 0 Å². The van der Waals surface area contributed by atoms with Crippen LogP contribution >= 0.6 is 0 Å². The highest BCUT2D eigenvalue weighted by atomic mass is 15.3. The van der Waals surface area contributed by atoms with Crippen molar-refractivity contribution in [2.75, 3.05) is 18.0 Å². The first-order valence-corrected chi connectivity index (χ1v) is 7.31. The molecule has 4 rings (SSSR count). The summed E-state index contributed by atoms with van der Waals surface area (Å²) in [6.45, 7) is 4.45. The summed E-state index contributed by atoms with van der Waals surface area (Å²) in [5.74, 6) is 1.76. The Labute approximate surface area is 123 Å². The number of hydrogen-bond acceptors (Lipinski definition) is 4. The van der Waals surface area contributed by atoms with Crippen LogP contribution in [0.25, 0.3) is 16.9 Å². The summed E-state index contributed by atoms with van der Waals surface area (Å²) < 4.78 is 1.91. The van der Waals surface area contributed by atoms with Crippen LogP contribution in [0.2, 0.25) is 0 Å². The number of aromatic nitrogens is 4. The molecular formula is C16H17N5. The number of imidazole rings is 1. The average Bonchev–Trinajstić information content (AvgIpc) is 3.13. The lowest BCUT2D eigenvalue weighted by atomic mass is 10.2. The standard InChI is InChI=1S/C16H17N5/c1-12-6-8-20(11-12)16-5-4-15-18-10-14(21(15)19-16)13-3-2-7-17-9-13/h2-5,7,9-10,12H,6,8,11H2,1H3/t12-/m0/s1. The predicted octanol–water partition coefficient (Wildman–Crippen LogP) is 2.64. The molecule has 1 saturated heterocycles. The average molecular weight is 279 g/mol. The molecule has 0 spiro atoms. The second-order valence-corrected chi connectivity index (χ2v) is 5.69. The molecule has 0 unspecified atom stereocenters. The van der Waals surface area contributed by atoms with Crippen LogP contribution in [0.3, 0.4) is 0 Å². The topological polar surface area (TPSA) is 46.3 Å². The van der Waals surface area contributed by atoms with Gasteiger partial charge in [0.1, 0.15) is 5.82 Å². The molecule has 3 aromatic rings. The first-order chi connectivity index (χ1) is 10.3. The van der Waals surface area contributed by atoms with Crippen LogP contribution in [0.1, 0.15) is 13.3 Å². The van der Waals surface area contributed by atoms with Crippen molar-refractivity contribution < 1.29 is 0 Å². The second-order valence-electron chi connectivity index (χ2n) is 5.69. The van der Waals surface area contributed by atoms with Crippen molar-refractivity contribution in [3.8, 4) is 11.3 Å². The third-order valence-electron chi connectivity index (χ3n) is 4.05. The molecule has 0 bridgehead atoms. The van der Waals surface area contributed by atoms with E-state index in [4.69, 9.17) is 5.10 Å². The molecule has 0 amide bonds. The number of pyridine rings is 1. The number of nitrogens with zero attached hydrogens (tertiary/aromatic N) is 5. The highest BCUT2D eigenvalue weighted by Crippen LogP contribution is 2.24. The molecule has 0 aromatic carbocycles. The molecule has 1 aliphatic heterocycles. The first kappa shape index (κ1) is 12.3. The van der Waals surface area contributed by atoms with Gasteiger partial charge in [-0.1, -0.05) is 6.92 Å². The zero-order valence-electron chi connectivity index (χ0n) is 12.0. The zero-order valence-corrected chi connectivity index (χ0v) is 12.0. The molecule has 0 aliphatic carbocycles. The minimum atomic E-state index is 0.739. The molecule has 5 nitrogen and oxygen atoms in total. The van der Waals surface area contributed by atoms with Crippen LogP contribution in [0.4, 0.5) is 5.82 Å². The van der Waals surface area contributed by atoms with Gasteiger partial charge in [-0.05, 0) is 36.6 Å². The smallest absolute Gasteiger partial charge is 0.154 e. The lowest BCUT2D eigenvalue weighted by molar-refractivity contribution is 0.658. The highest BCUT2D eigenvalue weighted by Gasteiger charge is 2.20. The number of hydrogen-bond donors (Lipinski definition) is 0. The lowest BCUT2D eigenvalue weighted by Gasteiger charge is -2.16. The fourth-order valence-corrected chi connectivity index (χ4v) is 2.89. The predicted molar refractivity (Wildman–Crippen MR) is 82.2 cm³/mol. The van der Waals surface area contributed by atoms with E-state index in [-0.39, 0.29) is 0 Å². The van der Waals surface area contributed by atoms with E-state index in [0.717, 1.165) is 41.7 Å². The Balaban J connectivity index is 1.79. The van der Waals surface area contributed by atoms with Crippen LogP contribution in [0, 0.1) is 5.92 Å². The largest absolute Gasteiger partial charge is 0.355 e. The van der Waals surface area contributed by atoms with Gasteiger partial charge < -0.3 is 4.90 Å². The monoisotopic (exact) mass is 279 g/mol.